The minimum atomic E-state index is 0.738. The van der Waals surface area contributed by atoms with Gasteiger partial charge in [0.25, 0.3) is 0 Å². The summed E-state index contributed by atoms with van der Waals surface area (Å²) in [5, 5.41) is 0. The summed E-state index contributed by atoms with van der Waals surface area (Å²) in [5.74, 6) is 1.51. The van der Waals surface area contributed by atoms with Crippen molar-refractivity contribution in [1.82, 2.24) is 0 Å². The molecule has 1 nitrogen and oxygen atoms in total. The molecule has 0 spiro atoms. The molecule has 1 rings (SSSR count). The molecule has 0 radical (unpaired) electrons. The number of hydrogen-bond donors (Lipinski definition) is 1. The molecule has 2 N–H and O–H groups in total. The summed E-state index contributed by atoms with van der Waals surface area (Å²) in [6, 6.07) is 8.92. The van der Waals surface area contributed by atoms with E-state index in [0.29, 0.717) is 0 Å². The SMILES string of the molecule is CC(C)Cc1ccccc1CCCC(C)CCN. The van der Waals surface area contributed by atoms with Gasteiger partial charge >= 0.3 is 0 Å². The van der Waals surface area contributed by atoms with Gasteiger partial charge in [-0.2, -0.15) is 0 Å². The van der Waals surface area contributed by atoms with Gasteiger partial charge in [0.15, 0.2) is 0 Å². The maximum atomic E-state index is 5.59. The molecule has 0 aliphatic carbocycles. The van der Waals surface area contributed by atoms with Crippen LogP contribution in [0.15, 0.2) is 24.3 Å². The molecule has 0 fully saturated rings. The molecule has 0 bridgehead atoms. The number of nitrogens with two attached hydrogens (primary N) is 1. The molecule has 1 aromatic rings. The van der Waals surface area contributed by atoms with Crippen LogP contribution >= 0.6 is 0 Å². The zero-order valence-corrected chi connectivity index (χ0v) is 12.3. The molecule has 0 aromatic heterocycles. The van der Waals surface area contributed by atoms with E-state index in [9.17, 15) is 0 Å². The molecule has 0 saturated carbocycles. The molecule has 1 unspecified atom stereocenters. The lowest BCUT2D eigenvalue weighted by Crippen LogP contribution is -2.06. The van der Waals surface area contributed by atoms with Crippen LogP contribution in [0, 0.1) is 11.8 Å². The average molecular weight is 247 g/mol. The van der Waals surface area contributed by atoms with E-state index in [1.165, 1.54) is 25.7 Å². The second-order valence-corrected chi connectivity index (χ2v) is 5.94. The maximum absolute atomic E-state index is 5.59. The monoisotopic (exact) mass is 247 g/mol. The first-order valence-electron chi connectivity index (χ1n) is 7.40. The average Bonchev–Trinajstić information content (AvgIpc) is 2.31. The van der Waals surface area contributed by atoms with E-state index in [1.54, 1.807) is 11.1 Å². The van der Waals surface area contributed by atoms with Gasteiger partial charge in [-0.1, -0.05) is 51.5 Å². The number of benzene rings is 1. The molecule has 0 heterocycles. The van der Waals surface area contributed by atoms with Crippen molar-refractivity contribution in [2.75, 3.05) is 6.54 Å². The molecule has 0 aliphatic heterocycles. The lowest BCUT2D eigenvalue weighted by atomic mass is 9.93. The fourth-order valence-corrected chi connectivity index (χ4v) is 2.51. The Labute approximate surface area is 113 Å². The first-order valence-corrected chi connectivity index (χ1v) is 7.40. The largest absolute Gasteiger partial charge is 0.330 e. The van der Waals surface area contributed by atoms with E-state index < -0.39 is 0 Å². The summed E-state index contributed by atoms with van der Waals surface area (Å²) in [6.07, 6.45) is 6.17. The van der Waals surface area contributed by atoms with Crippen molar-refractivity contribution in [3.8, 4) is 0 Å². The van der Waals surface area contributed by atoms with E-state index in [0.717, 1.165) is 24.8 Å². The van der Waals surface area contributed by atoms with Crippen LogP contribution in [0.25, 0.3) is 0 Å². The van der Waals surface area contributed by atoms with Gasteiger partial charge < -0.3 is 5.73 Å². The van der Waals surface area contributed by atoms with Gasteiger partial charge in [0.05, 0.1) is 0 Å². The van der Waals surface area contributed by atoms with Crippen LogP contribution in [0.2, 0.25) is 0 Å². The third kappa shape index (κ3) is 5.68. The third-order valence-corrected chi connectivity index (χ3v) is 3.55. The number of aryl methyl sites for hydroxylation is 1. The highest BCUT2D eigenvalue weighted by Crippen LogP contribution is 2.18. The number of rotatable bonds is 8. The topological polar surface area (TPSA) is 26.0 Å². The first kappa shape index (κ1) is 15.2. The zero-order chi connectivity index (χ0) is 13.4. The minimum absolute atomic E-state index is 0.738. The summed E-state index contributed by atoms with van der Waals surface area (Å²) >= 11 is 0. The quantitative estimate of drug-likeness (QED) is 0.732. The second-order valence-electron chi connectivity index (χ2n) is 5.94. The summed E-state index contributed by atoms with van der Waals surface area (Å²) in [6.45, 7) is 7.72. The second kappa shape index (κ2) is 8.31. The van der Waals surface area contributed by atoms with Crippen LogP contribution < -0.4 is 5.73 Å². The zero-order valence-electron chi connectivity index (χ0n) is 12.3. The third-order valence-electron chi connectivity index (χ3n) is 3.55. The molecule has 0 saturated heterocycles. The highest BCUT2D eigenvalue weighted by Gasteiger charge is 2.05. The highest BCUT2D eigenvalue weighted by molar-refractivity contribution is 5.27. The Balaban J connectivity index is 2.46. The molecule has 0 amide bonds. The molecule has 0 aliphatic rings. The van der Waals surface area contributed by atoms with Crippen molar-refractivity contribution in [3.63, 3.8) is 0 Å². The Bertz CT molecular complexity index is 330. The van der Waals surface area contributed by atoms with Gasteiger partial charge in [0.2, 0.25) is 0 Å². The Morgan fingerprint density at radius 2 is 1.67 bits per heavy atom. The van der Waals surface area contributed by atoms with Gasteiger partial charge in [0, 0.05) is 0 Å². The molecule has 1 atom stereocenters. The van der Waals surface area contributed by atoms with Gasteiger partial charge in [-0.05, 0) is 55.2 Å². The molecule has 1 aromatic carbocycles. The van der Waals surface area contributed by atoms with Crippen LogP contribution in [-0.2, 0) is 12.8 Å². The predicted octanol–water partition coefficient (Wildman–Crippen LogP) is 4.19. The fourth-order valence-electron chi connectivity index (χ4n) is 2.51. The van der Waals surface area contributed by atoms with E-state index >= 15 is 0 Å². The Morgan fingerprint density at radius 3 is 2.28 bits per heavy atom. The Morgan fingerprint density at radius 1 is 1.00 bits per heavy atom. The lowest BCUT2D eigenvalue weighted by Gasteiger charge is -2.13. The Hall–Kier alpha value is -0.820. The van der Waals surface area contributed by atoms with Crippen molar-refractivity contribution in [3.05, 3.63) is 35.4 Å². The van der Waals surface area contributed by atoms with E-state index in [-0.39, 0.29) is 0 Å². The van der Waals surface area contributed by atoms with Crippen LogP contribution in [0.1, 0.15) is 51.2 Å². The van der Waals surface area contributed by atoms with Crippen molar-refractivity contribution in [2.24, 2.45) is 17.6 Å². The summed E-state index contributed by atoms with van der Waals surface area (Å²) in [5.41, 5.74) is 8.68. The van der Waals surface area contributed by atoms with Crippen LogP contribution in [-0.4, -0.2) is 6.54 Å². The van der Waals surface area contributed by atoms with Crippen molar-refractivity contribution < 1.29 is 0 Å². The van der Waals surface area contributed by atoms with Crippen molar-refractivity contribution in [1.29, 1.82) is 0 Å². The van der Waals surface area contributed by atoms with Crippen LogP contribution in [0.5, 0.6) is 0 Å². The minimum Gasteiger partial charge on any atom is -0.330 e. The van der Waals surface area contributed by atoms with Gasteiger partial charge in [-0.15, -0.1) is 0 Å². The standard InChI is InChI=1S/C17H29N/c1-14(2)13-17-9-5-4-8-16(17)10-6-7-15(3)11-12-18/h4-5,8-9,14-15H,6-7,10-13,18H2,1-3H3. The van der Waals surface area contributed by atoms with E-state index in [4.69, 9.17) is 5.73 Å². The fraction of sp³-hybridized carbons (Fsp3) is 0.647. The number of hydrogen-bond acceptors (Lipinski definition) is 1. The molecule has 1 heteroatoms. The van der Waals surface area contributed by atoms with Gasteiger partial charge in [0.1, 0.15) is 0 Å². The van der Waals surface area contributed by atoms with Crippen molar-refractivity contribution in [2.45, 2.75) is 52.9 Å². The van der Waals surface area contributed by atoms with E-state index in [2.05, 4.69) is 45.0 Å². The normalized spacial score (nSPS) is 12.9. The molecular weight excluding hydrogens is 218 g/mol. The van der Waals surface area contributed by atoms with Crippen molar-refractivity contribution >= 4 is 0 Å². The van der Waals surface area contributed by atoms with E-state index in [1.807, 2.05) is 0 Å². The summed E-state index contributed by atoms with van der Waals surface area (Å²) in [7, 11) is 0. The Kier molecular flexibility index (Phi) is 7.04. The predicted molar refractivity (Wildman–Crippen MR) is 80.8 cm³/mol. The summed E-state index contributed by atoms with van der Waals surface area (Å²) in [4.78, 5) is 0. The smallest absolute Gasteiger partial charge is 0.00747 e. The van der Waals surface area contributed by atoms with Gasteiger partial charge in [-0.25, -0.2) is 0 Å². The lowest BCUT2D eigenvalue weighted by molar-refractivity contribution is 0.480. The molecular formula is C17H29N. The van der Waals surface area contributed by atoms with Gasteiger partial charge in [-0.3, -0.25) is 0 Å². The highest BCUT2D eigenvalue weighted by atomic mass is 14.5. The summed E-state index contributed by atoms with van der Waals surface area (Å²) < 4.78 is 0. The van der Waals surface area contributed by atoms with Crippen LogP contribution in [0.4, 0.5) is 0 Å². The molecule has 18 heavy (non-hydrogen) atoms. The molecule has 102 valence electrons. The van der Waals surface area contributed by atoms with Crippen LogP contribution in [0.3, 0.4) is 0 Å². The first-order chi connectivity index (χ1) is 8.63. The maximum Gasteiger partial charge on any atom is -0.00747 e.